The van der Waals surface area contributed by atoms with Crippen molar-refractivity contribution < 1.29 is 43.9 Å². The standard InChI is InChI=1S/C68H50F10N6/c1-29-23-32(4)49(33(5)24-29)52(38-11-10-22-79-38)43-16-19-46(82-43)68(57-60(71)64(75)67(78)65(76)61(57)72)47-20-17-44(83-47)53(50-34(6)25-30(2)26-35(50)7)39-12-14-41(80-39)55(56-58(69)62(73)66(77)63(74)59(56)70)42-15-13-40(81-42)54(45-18-21-48(68)84-45)51-36(8)27-31(3)28-37(51)9/h10-28,79-80,83-84H,1-9H3/b52-43+,53-39+,54-40+,55-41+. The average Bonchev–Trinajstić information content (AvgIpc) is 3.40. The van der Waals surface area contributed by atoms with Crippen LogP contribution in [0.2, 0.25) is 0 Å². The van der Waals surface area contributed by atoms with E-state index in [-0.39, 0.29) is 61.9 Å². The van der Waals surface area contributed by atoms with Crippen LogP contribution in [0, 0.1) is 120 Å². The van der Waals surface area contributed by atoms with Crippen molar-refractivity contribution in [1.29, 1.82) is 0 Å². The highest BCUT2D eigenvalue weighted by Crippen LogP contribution is 2.49. The smallest absolute Gasteiger partial charge is 0.200 e. The zero-order chi connectivity index (χ0) is 59.7. The van der Waals surface area contributed by atoms with E-state index >= 15 is 39.5 Å². The molecule has 4 aromatic heterocycles. The predicted octanol–water partition coefficient (Wildman–Crippen LogP) is 15.2. The second-order valence-corrected chi connectivity index (χ2v) is 21.8. The molecule has 16 heteroatoms. The van der Waals surface area contributed by atoms with Crippen LogP contribution in [0.3, 0.4) is 0 Å². The summed E-state index contributed by atoms with van der Waals surface area (Å²) in [5, 5.41) is 0.0547. The molecule has 3 aliphatic heterocycles. The topological polar surface area (TPSA) is 87.9 Å². The molecule has 84 heavy (non-hydrogen) atoms. The number of hydrogen-bond acceptors (Lipinski definition) is 2. The van der Waals surface area contributed by atoms with Crippen LogP contribution in [0.5, 0.6) is 0 Å². The number of aliphatic imine (C=N–C) groups is 2. The molecule has 0 spiro atoms. The summed E-state index contributed by atoms with van der Waals surface area (Å²) >= 11 is 0. The summed E-state index contributed by atoms with van der Waals surface area (Å²) < 4.78 is 163. The fraction of sp³-hybridized carbons (Fsp3) is 0.147. The Balaban J connectivity index is 1.31. The molecule has 0 saturated heterocycles. The van der Waals surface area contributed by atoms with Gasteiger partial charge >= 0.3 is 0 Å². The molecule has 5 aromatic carbocycles. The second kappa shape index (κ2) is 20.2. The summed E-state index contributed by atoms with van der Waals surface area (Å²) in [7, 11) is 0. The average molecular weight is 1140 g/mol. The highest BCUT2D eigenvalue weighted by atomic mass is 19.2. The van der Waals surface area contributed by atoms with E-state index in [2.05, 4.69) is 19.9 Å². The lowest BCUT2D eigenvalue weighted by molar-refractivity contribution is 0.364. The molecule has 422 valence electrons. The number of benzene rings is 5. The van der Waals surface area contributed by atoms with Crippen LogP contribution >= 0.6 is 0 Å². The third kappa shape index (κ3) is 8.38. The van der Waals surface area contributed by atoms with E-state index in [0.29, 0.717) is 50.2 Å². The predicted molar refractivity (Wildman–Crippen MR) is 306 cm³/mol. The van der Waals surface area contributed by atoms with Gasteiger partial charge in [-0.2, -0.15) is 0 Å². The summed E-state index contributed by atoms with van der Waals surface area (Å²) in [6, 6.07) is 24.1. The number of halogens is 10. The minimum Gasteiger partial charge on any atom is -0.361 e. The van der Waals surface area contributed by atoms with Gasteiger partial charge in [0, 0.05) is 67.7 Å². The monoisotopic (exact) mass is 1140 g/mol. The van der Waals surface area contributed by atoms with Crippen LogP contribution in [0.4, 0.5) is 43.9 Å². The lowest BCUT2D eigenvalue weighted by Gasteiger charge is -2.34. The van der Waals surface area contributed by atoms with Crippen molar-refractivity contribution >= 4 is 33.7 Å². The lowest BCUT2D eigenvalue weighted by atomic mass is 9.70. The number of hydrogen-bond donors (Lipinski definition) is 4. The van der Waals surface area contributed by atoms with Crippen molar-refractivity contribution in [2.24, 2.45) is 9.98 Å². The number of rotatable bonds is 7. The molecular formula is C68H50F10N6. The van der Waals surface area contributed by atoms with Crippen molar-refractivity contribution in [2.45, 2.75) is 67.7 Å². The number of fused-ring (bicyclic) bond motifs is 7. The Bertz CT molecular complexity index is 4580. The molecule has 0 radical (unpaired) electrons. The second-order valence-electron chi connectivity index (χ2n) is 21.8. The van der Waals surface area contributed by atoms with Gasteiger partial charge in [-0.1, -0.05) is 53.1 Å². The van der Waals surface area contributed by atoms with Gasteiger partial charge in [0.1, 0.15) is 5.41 Å². The van der Waals surface area contributed by atoms with Gasteiger partial charge in [-0.15, -0.1) is 0 Å². The first-order chi connectivity index (χ1) is 40.0. The number of nitrogens with zero attached hydrogens (tertiary/aromatic N) is 2. The summed E-state index contributed by atoms with van der Waals surface area (Å²) in [5.41, 5.74) is 5.18. The molecule has 1 unspecified atom stereocenters. The molecular weight excluding hydrogens is 1090 g/mol. The van der Waals surface area contributed by atoms with Crippen molar-refractivity contribution in [1.82, 2.24) is 19.9 Å². The first-order valence-electron chi connectivity index (χ1n) is 26.8. The molecule has 3 aliphatic rings. The van der Waals surface area contributed by atoms with E-state index in [0.717, 1.165) is 33.4 Å². The zero-order valence-corrected chi connectivity index (χ0v) is 46.6. The summed E-state index contributed by atoms with van der Waals surface area (Å²) in [5.74, 6) is -22.0. The third-order valence-corrected chi connectivity index (χ3v) is 16.1. The first kappa shape index (κ1) is 55.1. The first-order valence-corrected chi connectivity index (χ1v) is 26.8. The number of H-pyrrole nitrogens is 4. The lowest BCUT2D eigenvalue weighted by Crippen LogP contribution is -2.41. The molecule has 0 saturated carbocycles. The van der Waals surface area contributed by atoms with Crippen LogP contribution in [0.25, 0.3) is 22.3 Å². The van der Waals surface area contributed by atoms with Crippen LogP contribution in [-0.4, -0.2) is 31.4 Å². The SMILES string of the molecule is Cc1cc(C)c(/C(=C2\C=CC(C3(c4c(F)c(F)c(F)c(F)c4F)c4ccc([nH]4)/C(c4c(C)cc(C)cc4C)=C4/C=CC(=N4)/C(c4c(F)c(F)c(F)c(F)c4F)=c4/cc/c([nH]4)=C(\c4c(C)cc(C)cc4C)c4ccc3[nH]4)=N2)c2ccc[nH]2)c(C)c1. The Hall–Kier alpha value is -9.44. The summed E-state index contributed by atoms with van der Waals surface area (Å²) in [4.78, 5) is 23.5. The van der Waals surface area contributed by atoms with E-state index in [1.807, 2.05) is 105 Å². The number of aryl methyl sites for hydroxylation is 9. The number of aromatic amines is 4. The largest absolute Gasteiger partial charge is 0.361 e. The Morgan fingerprint density at radius 3 is 1.39 bits per heavy atom. The molecule has 8 bridgehead atoms. The van der Waals surface area contributed by atoms with E-state index in [1.54, 1.807) is 30.5 Å². The Morgan fingerprint density at radius 1 is 0.417 bits per heavy atom. The third-order valence-electron chi connectivity index (χ3n) is 16.1. The zero-order valence-electron chi connectivity index (χ0n) is 46.6. The Kier molecular flexibility index (Phi) is 13.2. The van der Waals surface area contributed by atoms with Crippen molar-refractivity contribution in [2.75, 3.05) is 0 Å². The number of aromatic nitrogens is 4. The number of allylic oxidation sites excluding steroid dienone is 4. The minimum atomic E-state index is -2.61. The number of nitrogens with one attached hydrogen (secondary N) is 4. The maximum Gasteiger partial charge on any atom is 0.200 e. The fourth-order valence-electron chi connectivity index (χ4n) is 13.0. The van der Waals surface area contributed by atoms with Gasteiger partial charge in [-0.3, -0.25) is 4.99 Å². The van der Waals surface area contributed by atoms with Gasteiger partial charge < -0.3 is 19.9 Å². The molecule has 0 fully saturated rings. The van der Waals surface area contributed by atoms with Gasteiger partial charge in [0.05, 0.1) is 33.9 Å². The molecule has 7 heterocycles. The van der Waals surface area contributed by atoms with Crippen LogP contribution in [0.15, 0.2) is 137 Å². The molecule has 4 N–H and O–H groups in total. The van der Waals surface area contributed by atoms with Crippen LogP contribution in [-0.2, 0) is 5.41 Å². The molecule has 6 nitrogen and oxygen atoms in total. The highest BCUT2D eigenvalue weighted by Gasteiger charge is 2.51. The normalized spacial score (nSPS) is 18.6. The molecule has 0 aliphatic carbocycles. The Morgan fingerprint density at radius 2 is 0.881 bits per heavy atom. The van der Waals surface area contributed by atoms with Gasteiger partial charge in [0.2, 0.25) is 11.6 Å². The van der Waals surface area contributed by atoms with E-state index in [4.69, 9.17) is 9.98 Å². The molecule has 0 amide bonds. The quantitative estimate of drug-likeness (QED) is 0.0696. The van der Waals surface area contributed by atoms with E-state index in [9.17, 15) is 4.39 Å². The maximum absolute atomic E-state index is 17.8. The summed E-state index contributed by atoms with van der Waals surface area (Å²) in [6.07, 6.45) is 7.70. The van der Waals surface area contributed by atoms with Crippen LogP contribution < -0.4 is 10.7 Å². The van der Waals surface area contributed by atoms with Crippen molar-refractivity contribution in [3.05, 3.63) is 302 Å². The van der Waals surface area contributed by atoms with E-state index in [1.165, 1.54) is 42.5 Å². The van der Waals surface area contributed by atoms with Gasteiger partial charge in [-0.25, -0.2) is 48.9 Å². The summed E-state index contributed by atoms with van der Waals surface area (Å²) in [6.45, 7) is 16.9. The molecule has 9 aromatic rings. The van der Waals surface area contributed by atoms with Gasteiger partial charge in [-0.05, 0) is 185 Å². The highest BCUT2D eigenvalue weighted by molar-refractivity contribution is 6.30. The minimum absolute atomic E-state index is 0.0820. The van der Waals surface area contributed by atoms with Crippen LogP contribution in [0.1, 0.15) is 106 Å². The maximum atomic E-state index is 17.8. The van der Waals surface area contributed by atoms with E-state index < -0.39 is 80.3 Å². The Labute approximate surface area is 475 Å². The fourth-order valence-corrected chi connectivity index (χ4v) is 13.0. The van der Waals surface area contributed by atoms with Gasteiger partial charge in [0.15, 0.2) is 46.5 Å². The molecule has 1 atom stereocenters. The van der Waals surface area contributed by atoms with Crippen molar-refractivity contribution in [3.63, 3.8) is 0 Å². The van der Waals surface area contributed by atoms with Crippen molar-refractivity contribution in [3.8, 4) is 0 Å². The molecule has 12 rings (SSSR count). The van der Waals surface area contributed by atoms with Gasteiger partial charge in [0.25, 0.3) is 0 Å².